The fraction of sp³-hybridized carbons (Fsp3) is 0.458. The quantitative estimate of drug-likeness (QED) is 0.799. The number of amides is 2. The molecule has 0 bridgehead atoms. The van der Waals surface area contributed by atoms with Crippen LogP contribution in [0.3, 0.4) is 0 Å². The molecule has 2 aromatic rings. The highest BCUT2D eigenvalue weighted by Gasteiger charge is 2.58. The molecule has 2 amide bonds. The molecule has 1 aliphatic carbocycles. The van der Waals surface area contributed by atoms with E-state index in [2.05, 4.69) is 10.3 Å². The van der Waals surface area contributed by atoms with Crippen LogP contribution in [0.25, 0.3) is 0 Å². The van der Waals surface area contributed by atoms with Crippen LogP contribution in [0.15, 0.2) is 48.5 Å². The van der Waals surface area contributed by atoms with Gasteiger partial charge in [-0.1, -0.05) is 24.3 Å². The van der Waals surface area contributed by atoms with E-state index >= 15 is 0 Å². The van der Waals surface area contributed by atoms with E-state index in [-0.39, 0.29) is 23.1 Å². The van der Waals surface area contributed by atoms with Crippen molar-refractivity contribution < 1.29 is 14.3 Å². The van der Waals surface area contributed by atoms with Gasteiger partial charge in [0.2, 0.25) is 5.91 Å². The highest BCUT2D eigenvalue weighted by atomic mass is 16.5. The Morgan fingerprint density at radius 3 is 2.60 bits per heavy atom. The second kappa shape index (κ2) is 8.46. The van der Waals surface area contributed by atoms with Gasteiger partial charge in [0.1, 0.15) is 5.75 Å². The molecule has 2 heterocycles. The van der Waals surface area contributed by atoms with Crippen LogP contribution in [-0.2, 0) is 16.1 Å². The minimum Gasteiger partial charge on any atom is -0.481 e. The van der Waals surface area contributed by atoms with E-state index in [0.717, 1.165) is 30.7 Å². The van der Waals surface area contributed by atoms with Crippen molar-refractivity contribution in [1.82, 2.24) is 15.2 Å². The Morgan fingerprint density at radius 2 is 1.90 bits per heavy atom. The number of carbonyl (C=O) groups is 2. The summed E-state index contributed by atoms with van der Waals surface area (Å²) < 4.78 is 5.78. The summed E-state index contributed by atoms with van der Waals surface area (Å²) in [6.45, 7) is 5.58. The zero-order chi connectivity index (χ0) is 21.1. The second-order valence-electron chi connectivity index (χ2n) is 8.51. The van der Waals surface area contributed by atoms with E-state index in [9.17, 15) is 9.59 Å². The highest BCUT2D eigenvalue weighted by molar-refractivity contribution is 5.83. The van der Waals surface area contributed by atoms with Crippen LogP contribution in [0.1, 0.15) is 37.6 Å². The third-order valence-electron chi connectivity index (χ3n) is 6.37. The summed E-state index contributed by atoms with van der Waals surface area (Å²) in [5, 5.41) is 3.04. The number of hydrogen-bond acceptors (Lipinski definition) is 4. The average molecular weight is 408 g/mol. The lowest BCUT2D eigenvalue weighted by Crippen LogP contribution is -2.45. The average Bonchev–Trinajstić information content (AvgIpc) is 3.46. The highest BCUT2D eigenvalue weighted by Crippen LogP contribution is 2.59. The summed E-state index contributed by atoms with van der Waals surface area (Å²) >= 11 is 0. The molecule has 30 heavy (non-hydrogen) atoms. The van der Waals surface area contributed by atoms with Crippen LogP contribution in [0.4, 0.5) is 0 Å². The smallest absolute Gasteiger partial charge is 0.263 e. The summed E-state index contributed by atoms with van der Waals surface area (Å²) in [4.78, 5) is 31.7. The van der Waals surface area contributed by atoms with Crippen LogP contribution < -0.4 is 10.1 Å². The number of nitrogens with one attached hydrogen (secondary N) is 1. The van der Waals surface area contributed by atoms with Crippen molar-refractivity contribution in [3.8, 4) is 5.75 Å². The lowest BCUT2D eigenvalue weighted by Gasteiger charge is -2.34. The molecule has 2 fully saturated rings. The number of aromatic nitrogens is 1. The molecule has 1 saturated carbocycles. The minimum absolute atomic E-state index is 0.0147. The first kappa shape index (κ1) is 20.4. The molecular weight excluding hydrogens is 378 g/mol. The molecule has 158 valence electrons. The van der Waals surface area contributed by atoms with Crippen molar-refractivity contribution in [3.63, 3.8) is 0 Å². The van der Waals surface area contributed by atoms with E-state index in [1.54, 1.807) is 6.92 Å². The number of benzene rings is 1. The van der Waals surface area contributed by atoms with Crippen LogP contribution in [0.5, 0.6) is 5.75 Å². The Balaban J connectivity index is 1.24. The van der Waals surface area contributed by atoms with Gasteiger partial charge in [-0.25, -0.2) is 0 Å². The van der Waals surface area contributed by atoms with Crippen molar-refractivity contribution in [3.05, 3.63) is 59.9 Å². The van der Waals surface area contributed by atoms with E-state index in [1.807, 2.05) is 60.4 Å². The molecule has 1 aromatic heterocycles. The molecule has 1 aromatic carbocycles. The van der Waals surface area contributed by atoms with Crippen LogP contribution in [0, 0.1) is 18.3 Å². The first-order valence-electron chi connectivity index (χ1n) is 10.7. The van der Waals surface area contributed by atoms with Gasteiger partial charge in [-0.15, -0.1) is 0 Å². The molecule has 1 spiro atoms. The predicted molar refractivity (Wildman–Crippen MR) is 114 cm³/mol. The SMILES string of the molecule is Cc1cccc(CNC(=O)[C@H]2CC23CCN(C(=O)[C@@H](C)Oc2ccccc2)CC3)n1. The van der Waals surface area contributed by atoms with E-state index in [1.165, 1.54) is 0 Å². The van der Waals surface area contributed by atoms with Crippen molar-refractivity contribution in [2.75, 3.05) is 13.1 Å². The van der Waals surface area contributed by atoms with Crippen molar-refractivity contribution in [2.24, 2.45) is 11.3 Å². The number of ether oxygens (including phenoxy) is 1. The zero-order valence-electron chi connectivity index (χ0n) is 17.6. The Morgan fingerprint density at radius 1 is 1.17 bits per heavy atom. The van der Waals surface area contributed by atoms with E-state index < -0.39 is 6.10 Å². The maximum absolute atomic E-state index is 12.8. The third-order valence-corrected chi connectivity index (χ3v) is 6.37. The molecule has 1 aliphatic heterocycles. The molecule has 2 aliphatic rings. The molecule has 6 nitrogen and oxygen atoms in total. The molecule has 1 saturated heterocycles. The summed E-state index contributed by atoms with van der Waals surface area (Å²) in [7, 11) is 0. The molecule has 6 heteroatoms. The first-order chi connectivity index (χ1) is 14.5. The standard InChI is InChI=1S/C24H29N3O3/c1-17-7-6-8-19(26-17)16-25-22(28)21-15-24(21)11-13-27(14-12-24)23(29)18(2)30-20-9-4-3-5-10-20/h3-10,18,21H,11-16H2,1-2H3,(H,25,28)/t18-,21-/m1/s1. The maximum atomic E-state index is 12.8. The van der Waals surface area contributed by atoms with Gasteiger partial charge in [-0.3, -0.25) is 14.6 Å². The Bertz CT molecular complexity index is 907. The molecule has 0 unspecified atom stereocenters. The van der Waals surface area contributed by atoms with Gasteiger partial charge in [0.05, 0.1) is 12.2 Å². The number of piperidine rings is 1. The summed E-state index contributed by atoms with van der Waals surface area (Å²) in [6.07, 6.45) is 2.15. The number of nitrogens with zero attached hydrogens (tertiary/aromatic N) is 2. The number of pyridine rings is 1. The normalized spacial score (nSPS) is 20.5. The maximum Gasteiger partial charge on any atom is 0.263 e. The van der Waals surface area contributed by atoms with Crippen LogP contribution in [0.2, 0.25) is 0 Å². The van der Waals surface area contributed by atoms with Crippen molar-refractivity contribution >= 4 is 11.8 Å². The molecule has 2 atom stereocenters. The van der Waals surface area contributed by atoms with Gasteiger partial charge in [0, 0.05) is 24.7 Å². The lowest BCUT2D eigenvalue weighted by atomic mass is 9.90. The Kier molecular flexibility index (Phi) is 5.75. The Hall–Kier alpha value is -2.89. The number of aryl methyl sites for hydroxylation is 1. The lowest BCUT2D eigenvalue weighted by molar-refractivity contribution is -0.139. The van der Waals surface area contributed by atoms with Crippen LogP contribution >= 0.6 is 0 Å². The van der Waals surface area contributed by atoms with Crippen molar-refractivity contribution in [1.29, 1.82) is 0 Å². The van der Waals surface area contributed by atoms with E-state index in [4.69, 9.17) is 4.74 Å². The number of para-hydroxylation sites is 1. The van der Waals surface area contributed by atoms with Crippen LogP contribution in [-0.4, -0.2) is 40.9 Å². The predicted octanol–water partition coefficient (Wildman–Crippen LogP) is 3.10. The number of likely N-dealkylation sites (tertiary alicyclic amines) is 1. The molecule has 4 rings (SSSR count). The topological polar surface area (TPSA) is 71.5 Å². The van der Waals surface area contributed by atoms with Gasteiger partial charge >= 0.3 is 0 Å². The number of rotatable bonds is 6. The van der Waals surface area contributed by atoms with Gasteiger partial charge in [-0.05, 0) is 62.8 Å². The summed E-state index contributed by atoms with van der Waals surface area (Å²) in [6, 6.07) is 15.2. The second-order valence-corrected chi connectivity index (χ2v) is 8.51. The molecule has 1 N–H and O–H groups in total. The Labute approximate surface area is 177 Å². The van der Waals surface area contributed by atoms with Gasteiger partial charge in [0.25, 0.3) is 5.91 Å². The largest absolute Gasteiger partial charge is 0.481 e. The molecule has 0 radical (unpaired) electrons. The zero-order valence-corrected chi connectivity index (χ0v) is 17.6. The fourth-order valence-electron chi connectivity index (χ4n) is 4.45. The van der Waals surface area contributed by atoms with Gasteiger partial charge in [-0.2, -0.15) is 0 Å². The number of hydrogen-bond donors (Lipinski definition) is 1. The fourth-order valence-corrected chi connectivity index (χ4v) is 4.45. The van der Waals surface area contributed by atoms with Gasteiger partial charge in [0.15, 0.2) is 6.10 Å². The molecular formula is C24H29N3O3. The summed E-state index contributed by atoms with van der Waals surface area (Å²) in [5.74, 6) is 0.881. The van der Waals surface area contributed by atoms with E-state index in [0.29, 0.717) is 25.4 Å². The minimum atomic E-state index is -0.512. The number of carbonyl (C=O) groups excluding carboxylic acids is 2. The third kappa shape index (κ3) is 4.48. The first-order valence-corrected chi connectivity index (χ1v) is 10.7. The summed E-state index contributed by atoms with van der Waals surface area (Å²) in [5.41, 5.74) is 1.89. The van der Waals surface area contributed by atoms with Gasteiger partial charge < -0.3 is 15.0 Å². The monoisotopic (exact) mass is 407 g/mol. The van der Waals surface area contributed by atoms with Crippen molar-refractivity contribution in [2.45, 2.75) is 45.8 Å².